The minimum absolute atomic E-state index is 0.0738. The Morgan fingerprint density at radius 2 is 1.95 bits per heavy atom. The summed E-state index contributed by atoms with van der Waals surface area (Å²) in [7, 11) is -1.79. The molecule has 0 radical (unpaired) electrons. The van der Waals surface area contributed by atoms with Crippen LogP contribution in [-0.2, 0) is 0 Å². The van der Waals surface area contributed by atoms with E-state index in [4.69, 9.17) is 5.11 Å². The Balaban J connectivity index is 3.49. The van der Waals surface area contributed by atoms with Crippen molar-refractivity contribution < 1.29 is 18.7 Å². The second kappa shape index (κ2) is 6.05. The highest BCUT2D eigenvalue weighted by Gasteiger charge is 2.20. The van der Waals surface area contributed by atoms with Gasteiger partial charge in [0.2, 0.25) is 0 Å². The van der Waals surface area contributed by atoms with Gasteiger partial charge in [0.25, 0.3) is 0 Å². The Morgan fingerprint density at radius 3 is 2.40 bits per heavy atom. The van der Waals surface area contributed by atoms with Gasteiger partial charge in [-0.15, -0.1) is 5.54 Å². The van der Waals surface area contributed by atoms with Gasteiger partial charge in [-0.1, -0.05) is 25.6 Å². The van der Waals surface area contributed by atoms with Crippen molar-refractivity contribution in [3.8, 4) is 11.5 Å². The van der Waals surface area contributed by atoms with Crippen LogP contribution in [0.5, 0.6) is 0 Å². The summed E-state index contributed by atoms with van der Waals surface area (Å²) in [6.07, 6.45) is -1.23. The van der Waals surface area contributed by atoms with E-state index >= 15 is 0 Å². The molecule has 0 aliphatic heterocycles. The number of anilines is 1. The smallest absolute Gasteiger partial charge is 0.411 e. The van der Waals surface area contributed by atoms with Crippen LogP contribution in [-0.4, -0.2) is 25.8 Å². The predicted octanol–water partition coefficient (Wildman–Crippen LogP) is 3.70. The fourth-order valence-electron chi connectivity index (χ4n) is 1.54. The number of nitrogens with zero attached hydrogens (tertiary/aromatic N) is 1. The van der Waals surface area contributed by atoms with E-state index in [1.54, 1.807) is 6.92 Å². The van der Waals surface area contributed by atoms with E-state index < -0.39 is 25.8 Å². The molecule has 1 amide bonds. The quantitative estimate of drug-likeness (QED) is 0.668. The van der Waals surface area contributed by atoms with Crippen LogP contribution in [0.3, 0.4) is 0 Å². The van der Waals surface area contributed by atoms with E-state index in [1.807, 2.05) is 19.6 Å². The van der Waals surface area contributed by atoms with E-state index in [2.05, 4.69) is 11.5 Å². The van der Waals surface area contributed by atoms with Crippen molar-refractivity contribution in [3.63, 3.8) is 0 Å². The lowest BCUT2D eigenvalue weighted by molar-refractivity contribution is 0.202. The van der Waals surface area contributed by atoms with E-state index in [1.165, 1.54) is 6.07 Å². The first-order chi connectivity index (χ1) is 9.17. The van der Waals surface area contributed by atoms with Crippen LogP contribution < -0.4 is 4.90 Å². The van der Waals surface area contributed by atoms with E-state index in [9.17, 15) is 13.6 Å². The SMILES string of the molecule is CCN(C(=O)O)c1ccc(F)c(F)c1C#C[Si](C)(C)C. The molecule has 1 aromatic rings. The van der Waals surface area contributed by atoms with Gasteiger partial charge in [-0.25, -0.2) is 13.6 Å². The summed E-state index contributed by atoms with van der Waals surface area (Å²) in [6.45, 7) is 7.64. The Labute approximate surface area is 118 Å². The number of rotatable bonds is 2. The van der Waals surface area contributed by atoms with Crippen LogP contribution in [0.2, 0.25) is 19.6 Å². The first-order valence-corrected chi connectivity index (χ1v) is 9.69. The first-order valence-electron chi connectivity index (χ1n) is 6.19. The number of carboxylic acid groups (broad SMARTS) is 1. The normalized spacial score (nSPS) is 10.7. The van der Waals surface area contributed by atoms with Crippen molar-refractivity contribution in [1.29, 1.82) is 0 Å². The maximum Gasteiger partial charge on any atom is 0.411 e. The van der Waals surface area contributed by atoms with Crippen LogP contribution in [0.1, 0.15) is 12.5 Å². The van der Waals surface area contributed by atoms with Gasteiger partial charge in [-0.05, 0) is 19.1 Å². The van der Waals surface area contributed by atoms with Gasteiger partial charge >= 0.3 is 6.09 Å². The maximum absolute atomic E-state index is 13.9. The number of hydrogen-bond donors (Lipinski definition) is 1. The summed E-state index contributed by atoms with van der Waals surface area (Å²) >= 11 is 0. The molecular formula is C14H17F2NO2Si. The third kappa shape index (κ3) is 3.81. The summed E-state index contributed by atoms with van der Waals surface area (Å²) in [5.74, 6) is 0.488. The van der Waals surface area contributed by atoms with Crippen LogP contribution >= 0.6 is 0 Å². The molecule has 6 heteroatoms. The second-order valence-electron chi connectivity index (χ2n) is 5.28. The van der Waals surface area contributed by atoms with Gasteiger partial charge in [0.05, 0.1) is 11.3 Å². The number of hydrogen-bond acceptors (Lipinski definition) is 1. The number of benzene rings is 1. The van der Waals surface area contributed by atoms with Gasteiger partial charge in [-0.3, -0.25) is 4.90 Å². The molecular weight excluding hydrogens is 280 g/mol. The van der Waals surface area contributed by atoms with Crippen molar-refractivity contribution in [1.82, 2.24) is 0 Å². The van der Waals surface area contributed by atoms with Crippen molar-refractivity contribution in [2.45, 2.75) is 26.6 Å². The number of halogens is 2. The van der Waals surface area contributed by atoms with E-state index in [0.29, 0.717) is 0 Å². The summed E-state index contributed by atoms with van der Waals surface area (Å²) in [5, 5.41) is 9.11. The van der Waals surface area contributed by atoms with Crippen molar-refractivity contribution >= 4 is 19.9 Å². The molecule has 0 aromatic heterocycles. The molecule has 0 aliphatic rings. The summed E-state index contributed by atoms with van der Waals surface area (Å²) in [5.41, 5.74) is 2.80. The Kier molecular flexibility index (Phi) is 4.90. The second-order valence-corrected chi connectivity index (χ2v) is 10.0. The Morgan fingerprint density at radius 1 is 1.35 bits per heavy atom. The molecule has 1 rings (SSSR count). The van der Waals surface area contributed by atoms with Gasteiger partial charge in [-0.2, -0.15) is 0 Å². The molecule has 0 heterocycles. The molecule has 20 heavy (non-hydrogen) atoms. The molecule has 0 spiro atoms. The molecule has 3 nitrogen and oxygen atoms in total. The molecule has 0 unspecified atom stereocenters. The van der Waals surface area contributed by atoms with Crippen LogP contribution in [0, 0.1) is 23.1 Å². The summed E-state index contributed by atoms with van der Waals surface area (Å²) in [4.78, 5) is 12.1. The summed E-state index contributed by atoms with van der Waals surface area (Å²) in [6, 6.07) is 2.15. The Bertz CT molecular complexity index is 585. The molecule has 0 bridgehead atoms. The van der Waals surface area contributed by atoms with Crippen molar-refractivity contribution in [3.05, 3.63) is 29.3 Å². The fourth-order valence-corrected chi connectivity index (χ4v) is 2.04. The fraction of sp³-hybridized carbons (Fsp3) is 0.357. The molecule has 1 aromatic carbocycles. The molecule has 0 saturated heterocycles. The lowest BCUT2D eigenvalue weighted by Gasteiger charge is -2.19. The van der Waals surface area contributed by atoms with E-state index in [-0.39, 0.29) is 17.8 Å². The molecule has 0 aliphatic carbocycles. The zero-order valence-corrected chi connectivity index (χ0v) is 12.9. The topological polar surface area (TPSA) is 40.5 Å². The molecule has 0 saturated carbocycles. The van der Waals surface area contributed by atoms with E-state index in [0.717, 1.165) is 11.0 Å². The van der Waals surface area contributed by atoms with Crippen LogP contribution in [0.4, 0.5) is 19.3 Å². The van der Waals surface area contributed by atoms with Crippen molar-refractivity contribution in [2.24, 2.45) is 0 Å². The number of amides is 1. The summed E-state index contributed by atoms with van der Waals surface area (Å²) < 4.78 is 27.3. The predicted molar refractivity (Wildman–Crippen MR) is 77.6 cm³/mol. The highest BCUT2D eigenvalue weighted by molar-refractivity contribution is 6.83. The largest absolute Gasteiger partial charge is 0.465 e. The van der Waals surface area contributed by atoms with Gasteiger partial charge in [0.1, 0.15) is 8.07 Å². The molecule has 0 fully saturated rings. The minimum Gasteiger partial charge on any atom is -0.465 e. The van der Waals surface area contributed by atoms with Crippen LogP contribution in [0.25, 0.3) is 0 Å². The van der Waals surface area contributed by atoms with Gasteiger partial charge in [0.15, 0.2) is 11.6 Å². The highest BCUT2D eigenvalue weighted by Crippen LogP contribution is 2.25. The first kappa shape index (κ1) is 16.2. The lowest BCUT2D eigenvalue weighted by Crippen LogP contribution is -2.29. The van der Waals surface area contributed by atoms with Gasteiger partial charge < -0.3 is 5.11 Å². The monoisotopic (exact) mass is 297 g/mol. The minimum atomic E-state index is -1.79. The maximum atomic E-state index is 13.9. The third-order valence-corrected chi connectivity index (χ3v) is 3.35. The van der Waals surface area contributed by atoms with Crippen molar-refractivity contribution in [2.75, 3.05) is 11.4 Å². The standard InChI is InChI=1S/C14H17F2NO2Si/c1-5-17(14(18)19)12-7-6-11(15)13(16)10(12)8-9-20(2,3)4/h6-7H,5H2,1-4H3,(H,18,19). The third-order valence-electron chi connectivity index (χ3n) is 2.47. The zero-order valence-electron chi connectivity index (χ0n) is 11.9. The average molecular weight is 297 g/mol. The zero-order chi connectivity index (χ0) is 15.5. The average Bonchev–Trinajstić information content (AvgIpc) is 2.32. The highest BCUT2D eigenvalue weighted by atomic mass is 28.3. The van der Waals surface area contributed by atoms with Gasteiger partial charge in [0, 0.05) is 6.54 Å². The molecule has 1 N–H and O–H groups in total. The number of carbonyl (C=O) groups is 1. The molecule has 0 atom stereocenters. The Hall–Kier alpha value is -1.87. The lowest BCUT2D eigenvalue weighted by atomic mass is 10.1. The van der Waals surface area contributed by atoms with Crippen LogP contribution in [0.15, 0.2) is 12.1 Å². The molecule has 108 valence electrons.